The van der Waals surface area contributed by atoms with E-state index in [-0.39, 0.29) is 6.04 Å². The summed E-state index contributed by atoms with van der Waals surface area (Å²) in [4.78, 5) is 6.76. The fourth-order valence-electron chi connectivity index (χ4n) is 1.76. The first-order valence-electron chi connectivity index (χ1n) is 6.04. The zero-order chi connectivity index (χ0) is 12.1. The lowest BCUT2D eigenvalue weighted by molar-refractivity contribution is 0.668. The zero-order valence-electron chi connectivity index (χ0n) is 10.8. The normalized spacial score (nSPS) is 12.9. The molecule has 1 aromatic heterocycles. The molecule has 3 heteroatoms. The van der Waals surface area contributed by atoms with Crippen molar-refractivity contribution in [1.82, 2.24) is 4.98 Å². The van der Waals surface area contributed by atoms with E-state index in [0.717, 1.165) is 18.7 Å². The number of nitrogens with zero attached hydrogens (tertiary/aromatic N) is 2. The van der Waals surface area contributed by atoms with Gasteiger partial charge in [0.25, 0.3) is 0 Å². The lowest BCUT2D eigenvalue weighted by Crippen LogP contribution is -2.31. The van der Waals surface area contributed by atoms with Crippen LogP contribution in [0.15, 0.2) is 18.3 Å². The van der Waals surface area contributed by atoms with Gasteiger partial charge in [-0.15, -0.1) is 0 Å². The standard InChI is InChI=1S/C13H23N3/c1-5-8-16(10(2)3)12-6-7-13(11(4)14)15-9-12/h6-7,9-11H,5,8,14H2,1-4H3. The number of hydrogen-bond donors (Lipinski definition) is 1. The van der Waals surface area contributed by atoms with Crippen LogP contribution in [0.3, 0.4) is 0 Å². The second-order valence-corrected chi connectivity index (χ2v) is 4.52. The van der Waals surface area contributed by atoms with Crippen molar-refractivity contribution in [3.63, 3.8) is 0 Å². The maximum Gasteiger partial charge on any atom is 0.0569 e. The molecule has 0 aliphatic carbocycles. The van der Waals surface area contributed by atoms with E-state index in [2.05, 4.69) is 36.7 Å². The first-order chi connectivity index (χ1) is 7.56. The maximum absolute atomic E-state index is 5.78. The molecule has 0 amide bonds. The molecule has 1 rings (SSSR count). The molecule has 0 spiro atoms. The van der Waals surface area contributed by atoms with E-state index < -0.39 is 0 Å². The molecule has 0 aliphatic rings. The number of nitrogens with two attached hydrogens (primary N) is 1. The smallest absolute Gasteiger partial charge is 0.0569 e. The molecule has 1 unspecified atom stereocenters. The van der Waals surface area contributed by atoms with E-state index in [0.29, 0.717) is 6.04 Å². The number of hydrogen-bond acceptors (Lipinski definition) is 3. The van der Waals surface area contributed by atoms with Crippen LogP contribution in [0.4, 0.5) is 5.69 Å². The minimum Gasteiger partial charge on any atom is -0.368 e. The molecule has 2 N–H and O–H groups in total. The summed E-state index contributed by atoms with van der Waals surface area (Å²) >= 11 is 0. The first kappa shape index (κ1) is 13.0. The van der Waals surface area contributed by atoms with Crippen molar-refractivity contribution >= 4 is 5.69 Å². The minimum atomic E-state index is 0.00715. The molecule has 0 aliphatic heterocycles. The van der Waals surface area contributed by atoms with Crippen molar-refractivity contribution in [2.45, 2.75) is 46.2 Å². The molecule has 0 aromatic carbocycles. The van der Waals surface area contributed by atoms with Crippen LogP contribution < -0.4 is 10.6 Å². The van der Waals surface area contributed by atoms with E-state index in [1.165, 1.54) is 5.69 Å². The van der Waals surface area contributed by atoms with Gasteiger partial charge in [-0.05, 0) is 39.3 Å². The fraction of sp³-hybridized carbons (Fsp3) is 0.615. The molecule has 1 atom stereocenters. The van der Waals surface area contributed by atoms with Crippen molar-refractivity contribution in [2.24, 2.45) is 5.73 Å². The molecule has 0 radical (unpaired) electrons. The lowest BCUT2D eigenvalue weighted by Gasteiger charge is -2.28. The van der Waals surface area contributed by atoms with Gasteiger partial charge in [0.2, 0.25) is 0 Å². The van der Waals surface area contributed by atoms with Crippen molar-refractivity contribution in [1.29, 1.82) is 0 Å². The third-order valence-corrected chi connectivity index (χ3v) is 2.66. The Morgan fingerprint density at radius 3 is 2.38 bits per heavy atom. The molecule has 1 aromatic rings. The largest absolute Gasteiger partial charge is 0.368 e. The Kier molecular flexibility index (Phi) is 4.74. The van der Waals surface area contributed by atoms with Crippen LogP contribution in [0.1, 0.15) is 45.9 Å². The summed E-state index contributed by atoms with van der Waals surface area (Å²) in [5.41, 5.74) is 7.91. The molecule has 1 heterocycles. The van der Waals surface area contributed by atoms with Gasteiger partial charge >= 0.3 is 0 Å². The van der Waals surface area contributed by atoms with E-state index in [1.807, 2.05) is 19.2 Å². The molecule has 0 saturated heterocycles. The molecule has 0 fully saturated rings. The van der Waals surface area contributed by atoms with E-state index in [1.54, 1.807) is 0 Å². The van der Waals surface area contributed by atoms with Gasteiger partial charge in [-0.2, -0.15) is 0 Å². The number of rotatable bonds is 5. The molecule has 3 nitrogen and oxygen atoms in total. The number of aromatic nitrogens is 1. The Balaban J connectivity index is 2.85. The minimum absolute atomic E-state index is 0.00715. The van der Waals surface area contributed by atoms with Gasteiger partial charge in [-0.25, -0.2) is 0 Å². The van der Waals surface area contributed by atoms with Gasteiger partial charge in [0, 0.05) is 18.6 Å². The summed E-state index contributed by atoms with van der Waals surface area (Å²) in [6.07, 6.45) is 3.07. The second-order valence-electron chi connectivity index (χ2n) is 4.52. The maximum atomic E-state index is 5.78. The quantitative estimate of drug-likeness (QED) is 0.831. The number of anilines is 1. The van der Waals surface area contributed by atoms with E-state index >= 15 is 0 Å². The third-order valence-electron chi connectivity index (χ3n) is 2.66. The van der Waals surface area contributed by atoms with Crippen LogP contribution in [0.5, 0.6) is 0 Å². The molecule has 0 saturated carbocycles. The highest BCUT2D eigenvalue weighted by Crippen LogP contribution is 2.18. The zero-order valence-corrected chi connectivity index (χ0v) is 10.8. The molecule has 16 heavy (non-hydrogen) atoms. The van der Waals surface area contributed by atoms with Crippen molar-refractivity contribution in [3.05, 3.63) is 24.0 Å². The Morgan fingerprint density at radius 2 is 2.00 bits per heavy atom. The predicted molar refractivity (Wildman–Crippen MR) is 69.6 cm³/mol. The Morgan fingerprint density at radius 1 is 1.31 bits per heavy atom. The summed E-state index contributed by atoms with van der Waals surface area (Å²) in [7, 11) is 0. The summed E-state index contributed by atoms with van der Waals surface area (Å²) in [6.45, 7) is 9.62. The summed E-state index contributed by atoms with van der Waals surface area (Å²) in [5, 5.41) is 0. The van der Waals surface area contributed by atoms with Gasteiger partial charge in [-0.1, -0.05) is 6.92 Å². The summed E-state index contributed by atoms with van der Waals surface area (Å²) < 4.78 is 0. The van der Waals surface area contributed by atoms with Gasteiger partial charge in [0.1, 0.15) is 0 Å². The third kappa shape index (κ3) is 3.20. The van der Waals surface area contributed by atoms with Crippen LogP contribution >= 0.6 is 0 Å². The van der Waals surface area contributed by atoms with Crippen LogP contribution in [0.2, 0.25) is 0 Å². The van der Waals surface area contributed by atoms with Gasteiger partial charge in [0.05, 0.1) is 17.6 Å². The SMILES string of the molecule is CCCN(c1ccc(C(C)N)nc1)C(C)C. The van der Waals surface area contributed by atoms with Gasteiger partial charge in [-0.3, -0.25) is 4.98 Å². The van der Waals surface area contributed by atoms with Crippen LogP contribution in [0, 0.1) is 0 Å². The highest BCUT2D eigenvalue weighted by Gasteiger charge is 2.10. The van der Waals surface area contributed by atoms with Gasteiger partial charge in [0.15, 0.2) is 0 Å². The Labute approximate surface area is 98.7 Å². The van der Waals surface area contributed by atoms with Crippen LogP contribution in [-0.4, -0.2) is 17.6 Å². The van der Waals surface area contributed by atoms with Crippen LogP contribution in [0.25, 0.3) is 0 Å². The van der Waals surface area contributed by atoms with Crippen molar-refractivity contribution in [3.8, 4) is 0 Å². The average molecular weight is 221 g/mol. The van der Waals surface area contributed by atoms with Crippen molar-refractivity contribution < 1.29 is 0 Å². The van der Waals surface area contributed by atoms with Crippen LogP contribution in [-0.2, 0) is 0 Å². The predicted octanol–water partition coefficient (Wildman–Crippen LogP) is 2.73. The molecular weight excluding hydrogens is 198 g/mol. The first-order valence-corrected chi connectivity index (χ1v) is 6.04. The summed E-state index contributed by atoms with van der Waals surface area (Å²) in [5.74, 6) is 0. The average Bonchev–Trinajstić information content (AvgIpc) is 2.25. The molecule has 0 bridgehead atoms. The highest BCUT2D eigenvalue weighted by atomic mass is 15.2. The second kappa shape index (κ2) is 5.85. The number of pyridine rings is 1. The molecule has 90 valence electrons. The fourth-order valence-corrected chi connectivity index (χ4v) is 1.76. The Hall–Kier alpha value is -1.09. The molecular formula is C13H23N3. The van der Waals surface area contributed by atoms with Crippen molar-refractivity contribution in [2.75, 3.05) is 11.4 Å². The highest BCUT2D eigenvalue weighted by molar-refractivity contribution is 5.45. The van der Waals surface area contributed by atoms with E-state index in [4.69, 9.17) is 5.73 Å². The topological polar surface area (TPSA) is 42.1 Å². The van der Waals surface area contributed by atoms with Gasteiger partial charge < -0.3 is 10.6 Å². The lowest BCUT2D eigenvalue weighted by atomic mass is 10.2. The summed E-state index contributed by atoms with van der Waals surface area (Å²) in [6, 6.07) is 4.64. The monoisotopic (exact) mass is 221 g/mol. The van der Waals surface area contributed by atoms with E-state index in [9.17, 15) is 0 Å². The Bertz CT molecular complexity index is 303.